The summed E-state index contributed by atoms with van der Waals surface area (Å²) in [6, 6.07) is 23.5. The highest BCUT2D eigenvalue weighted by Crippen LogP contribution is 2.39. The van der Waals surface area contributed by atoms with Crippen molar-refractivity contribution in [3.63, 3.8) is 0 Å². The van der Waals surface area contributed by atoms with Crippen molar-refractivity contribution in [3.8, 4) is 38.8 Å². The van der Waals surface area contributed by atoms with E-state index in [1.165, 1.54) is 29.7 Å². The molecule has 2 aromatic heterocycles. The normalized spacial score (nSPS) is 13.4. The lowest BCUT2D eigenvalue weighted by Crippen LogP contribution is -2.08. The maximum Gasteiger partial charge on any atom is 0.417 e. The number of thiophene rings is 1. The molecule has 0 fully saturated rings. The highest BCUT2D eigenvalue weighted by molar-refractivity contribution is 7.91. The smallest absolute Gasteiger partial charge is 0.299 e. The van der Waals surface area contributed by atoms with E-state index in [0.29, 0.717) is 16.3 Å². The number of imidazole rings is 1. The number of nitrogens with one attached hydrogen (secondary N) is 1. The number of halogens is 3. The zero-order valence-electron chi connectivity index (χ0n) is 19.0. The molecule has 0 radical (unpaired) electrons. The van der Waals surface area contributed by atoms with E-state index in [1.54, 1.807) is 35.0 Å². The van der Waals surface area contributed by atoms with Gasteiger partial charge in [-0.1, -0.05) is 48.5 Å². The Balaban J connectivity index is 1.63. The minimum Gasteiger partial charge on any atom is -0.299 e. The first-order valence-electron chi connectivity index (χ1n) is 10.9. The van der Waals surface area contributed by atoms with Crippen molar-refractivity contribution in [2.45, 2.75) is 11.1 Å². The number of hydrogen-bond donors (Lipinski definition) is 1. The summed E-state index contributed by atoms with van der Waals surface area (Å²) < 4.78 is 63.2. The van der Waals surface area contributed by atoms with Gasteiger partial charge in [0, 0.05) is 28.6 Å². The number of benzene rings is 3. The first-order valence-corrected chi connectivity index (χ1v) is 13.7. The summed E-state index contributed by atoms with van der Waals surface area (Å²) in [6.45, 7) is 0. The Kier molecular flexibility index (Phi) is 6.05. The molecule has 3 aromatic carbocycles. The SMILES string of the molecule is CS(=N)(=O)c1cccc(-c2ccc(-n3cc(-c4cccs4)nc3-c3ccccc3C(F)(F)F)cc2)c1. The summed E-state index contributed by atoms with van der Waals surface area (Å²) in [6.07, 6.45) is -1.41. The van der Waals surface area contributed by atoms with Gasteiger partial charge in [-0.2, -0.15) is 13.2 Å². The van der Waals surface area contributed by atoms with E-state index < -0.39 is 21.5 Å². The summed E-state index contributed by atoms with van der Waals surface area (Å²) in [5.41, 5.74) is 2.12. The summed E-state index contributed by atoms with van der Waals surface area (Å²) in [4.78, 5) is 5.90. The van der Waals surface area contributed by atoms with Crippen LogP contribution >= 0.6 is 11.3 Å². The number of nitrogens with zero attached hydrogens (tertiary/aromatic N) is 2. The molecule has 1 N–H and O–H groups in total. The van der Waals surface area contributed by atoms with Crippen molar-refractivity contribution in [1.82, 2.24) is 9.55 Å². The molecule has 0 aliphatic heterocycles. The van der Waals surface area contributed by atoms with Crippen LogP contribution < -0.4 is 0 Å². The molecule has 0 saturated heterocycles. The van der Waals surface area contributed by atoms with Crippen LogP contribution in [0.2, 0.25) is 0 Å². The van der Waals surface area contributed by atoms with Crippen LogP contribution in [0.3, 0.4) is 0 Å². The summed E-state index contributed by atoms with van der Waals surface area (Å²) in [5.74, 6) is 0.195. The zero-order valence-corrected chi connectivity index (χ0v) is 20.6. The van der Waals surface area contributed by atoms with E-state index in [9.17, 15) is 17.4 Å². The van der Waals surface area contributed by atoms with Gasteiger partial charge in [0.1, 0.15) is 5.82 Å². The molecule has 1 unspecified atom stereocenters. The summed E-state index contributed by atoms with van der Waals surface area (Å²) >= 11 is 1.46. The van der Waals surface area contributed by atoms with Crippen molar-refractivity contribution >= 4 is 21.1 Å². The molecule has 0 spiro atoms. The van der Waals surface area contributed by atoms with Gasteiger partial charge >= 0.3 is 6.18 Å². The minimum atomic E-state index is -4.53. The van der Waals surface area contributed by atoms with Gasteiger partial charge in [-0.15, -0.1) is 11.3 Å². The zero-order chi connectivity index (χ0) is 25.5. The van der Waals surface area contributed by atoms with Gasteiger partial charge in [0.25, 0.3) is 0 Å². The average Bonchev–Trinajstić information content (AvgIpc) is 3.54. The van der Waals surface area contributed by atoms with Crippen LogP contribution in [0.1, 0.15) is 5.56 Å². The van der Waals surface area contributed by atoms with E-state index in [-0.39, 0.29) is 11.4 Å². The highest BCUT2D eigenvalue weighted by Gasteiger charge is 2.34. The van der Waals surface area contributed by atoms with E-state index >= 15 is 0 Å². The predicted molar refractivity (Wildman–Crippen MR) is 138 cm³/mol. The van der Waals surface area contributed by atoms with Gasteiger partial charge in [-0.3, -0.25) is 4.57 Å². The van der Waals surface area contributed by atoms with Crippen LogP contribution in [-0.4, -0.2) is 20.0 Å². The van der Waals surface area contributed by atoms with E-state index in [0.717, 1.165) is 22.1 Å². The molecule has 0 saturated carbocycles. The molecule has 9 heteroatoms. The minimum absolute atomic E-state index is 0.00210. The maximum absolute atomic E-state index is 13.8. The Hall–Kier alpha value is -3.69. The lowest BCUT2D eigenvalue weighted by Gasteiger charge is -2.14. The third-order valence-electron chi connectivity index (χ3n) is 5.72. The van der Waals surface area contributed by atoms with Crippen LogP contribution in [0.25, 0.3) is 38.8 Å². The molecule has 1 atom stereocenters. The first-order chi connectivity index (χ1) is 17.1. The largest absolute Gasteiger partial charge is 0.417 e. The molecule has 0 aliphatic rings. The average molecular weight is 524 g/mol. The van der Waals surface area contributed by atoms with Crippen molar-refractivity contribution in [2.75, 3.05) is 6.26 Å². The van der Waals surface area contributed by atoms with Crippen LogP contribution in [0.5, 0.6) is 0 Å². The lowest BCUT2D eigenvalue weighted by atomic mass is 10.0. The van der Waals surface area contributed by atoms with Crippen molar-refractivity contribution in [3.05, 3.63) is 102 Å². The van der Waals surface area contributed by atoms with Crippen molar-refractivity contribution in [1.29, 1.82) is 4.78 Å². The lowest BCUT2D eigenvalue weighted by molar-refractivity contribution is -0.137. The molecule has 5 rings (SSSR count). The van der Waals surface area contributed by atoms with Gasteiger partial charge in [0.05, 0.1) is 25.9 Å². The number of hydrogen-bond acceptors (Lipinski definition) is 4. The van der Waals surface area contributed by atoms with Crippen LogP contribution in [0, 0.1) is 4.78 Å². The summed E-state index contributed by atoms with van der Waals surface area (Å²) in [7, 11) is -2.86. The Labute approximate surface area is 210 Å². The molecule has 0 bridgehead atoms. The van der Waals surface area contributed by atoms with Gasteiger partial charge in [-0.25, -0.2) is 14.0 Å². The molecule has 0 amide bonds. The number of aromatic nitrogens is 2. The Morgan fingerprint density at radius 1 is 0.917 bits per heavy atom. The second-order valence-corrected chi connectivity index (χ2v) is 11.4. The van der Waals surface area contributed by atoms with Gasteiger partial charge < -0.3 is 0 Å². The number of alkyl halides is 3. The third kappa shape index (κ3) is 4.72. The predicted octanol–water partition coefficient (Wildman–Crippen LogP) is 7.99. The van der Waals surface area contributed by atoms with Crippen molar-refractivity contribution < 1.29 is 17.4 Å². The van der Waals surface area contributed by atoms with Crippen LogP contribution in [0.15, 0.2) is 101 Å². The fourth-order valence-corrected chi connectivity index (χ4v) is 5.34. The molecule has 0 aliphatic carbocycles. The molecule has 36 heavy (non-hydrogen) atoms. The molecule has 182 valence electrons. The first kappa shape index (κ1) is 24.0. The van der Waals surface area contributed by atoms with Crippen LogP contribution in [0.4, 0.5) is 13.2 Å². The number of rotatable bonds is 5. The second-order valence-electron chi connectivity index (χ2n) is 8.26. The molecular formula is C27H20F3N3OS2. The van der Waals surface area contributed by atoms with Gasteiger partial charge in [-0.05, 0) is 52.9 Å². The van der Waals surface area contributed by atoms with E-state index in [2.05, 4.69) is 4.98 Å². The quantitative estimate of drug-likeness (QED) is 0.254. The maximum atomic E-state index is 13.8. The summed E-state index contributed by atoms with van der Waals surface area (Å²) in [5, 5.41) is 1.89. The van der Waals surface area contributed by atoms with Crippen molar-refractivity contribution in [2.24, 2.45) is 0 Å². The second kappa shape index (κ2) is 9.07. The standard InChI is InChI=1S/C27H20F3N3OS2/c1-36(31,34)21-7-4-6-19(16-21)18-11-13-20(14-12-18)33-17-24(25-10-5-15-35-25)32-26(33)22-8-2-3-9-23(22)27(28,29)30/h2-17,31H,1H3. The van der Waals surface area contributed by atoms with Gasteiger partial charge in [0.2, 0.25) is 0 Å². The topological polar surface area (TPSA) is 58.7 Å². The molecule has 4 nitrogen and oxygen atoms in total. The van der Waals surface area contributed by atoms with Crippen LogP contribution in [-0.2, 0) is 15.9 Å². The Morgan fingerprint density at radius 2 is 1.67 bits per heavy atom. The van der Waals surface area contributed by atoms with E-state index in [1.807, 2.05) is 47.8 Å². The molecular weight excluding hydrogens is 503 g/mol. The monoisotopic (exact) mass is 523 g/mol. The molecule has 5 aromatic rings. The Bertz CT molecular complexity index is 1640. The molecule has 2 heterocycles. The third-order valence-corrected chi connectivity index (χ3v) is 7.76. The Morgan fingerprint density at radius 3 is 2.33 bits per heavy atom. The highest BCUT2D eigenvalue weighted by atomic mass is 32.2. The fraction of sp³-hybridized carbons (Fsp3) is 0.0741. The van der Waals surface area contributed by atoms with Gasteiger partial charge in [0.15, 0.2) is 0 Å². The van der Waals surface area contributed by atoms with E-state index in [4.69, 9.17) is 4.78 Å². The fourth-order valence-electron chi connectivity index (χ4n) is 3.97.